The van der Waals surface area contributed by atoms with Gasteiger partial charge in [-0.3, -0.25) is 0 Å². The molecule has 4 nitrogen and oxygen atoms in total. The highest BCUT2D eigenvalue weighted by atomic mass is 31.1. The number of methoxy groups -OCH3 is 4. The Labute approximate surface area is 270 Å². The van der Waals surface area contributed by atoms with Crippen LogP contribution < -0.4 is 24.3 Å². The standard InChI is InChI=1S/C40H47O4P/c1-41-30-22-28(23-31(26-30)42-2)36-19-13-20-37(29-24-32(43-3)27-33(25-29)44-4)40(36)38-18-11-12-21-39(38)45(34-14-7-5-8-15-34)35-16-9-6-10-17-35/h11-13,18-27,34-35H,5-10,14-17H2,1-4H3. The molecule has 0 saturated heterocycles. The quantitative estimate of drug-likeness (QED) is 0.165. The van der Waals surface area contributed by atoms with Crippen LogP contribution in [0, 0.1) is 0 Å². The molecule has 0 aromatic heterocycles. The fraction of sp³-hybridized carbons (Fsp3) is 0.400. The Morgan fingerprint density at radius 2 is 0.867 bits per heavy atom. The molecule has 2 fully saturated rings. The van der Waals surface area contributed by atoms with Crippen LogP contribution in [-0.4, -0.2) is 39.8 Å². The highest BCUT2D eigenvalue weighted by Crippen LogP contribution is 2.57. The lowest BCUT2D eigenvalue weighted by Crippen LogP contribution is -2.27. The third kappa shape index (κ3) is 6.87. The molecule has 0 atom stereocenters. The van der Waals surface area contributed by atoms with Gasteiger partial charge >= 0.3 is 0 Å². The summed E-state index contributed by atoms with van der Waals surface area (Å²) in [5.41, 5.74) is 8.68. The maximum Gasteiger partial charge on any atom is 0.123 e. The average molecular weight is 623 g/mol. The van der Waals surface area contributed by atoms with Crippen LogP contribution in [0.5, 0.6) is 23.0 Å². The Bertz CT molecular complexity index is 1450. The Morgan fingerprint density at radius 3 is 1.29 bits per heavy atom. The van der Waals surface area contributed by atoms with Gasteiger partial charge in [0.25, 0.3) is 0 Å². The minimum Gasteiger partial charge on any atom is -0.497 e. The maximum absolute atomic E-state index is 5.75. The molecule has 0 spiro atoms. The second-order valence-corrected chi connectivity index (χ2v) is 15.2. The molecule has 2 aliphatic rings. The number of hydrogen-bond donors (Lipinski definition) is 0. The van der Waals surface area contributed by atoms with E-state index in [0.29, 0.717) is 0 Å². The summed E-state index contributed by atoms with van der Waals surface area (Å²) in [6.45, 7) is 0. The molecule has 6 rings (SSSR count). The molecule has 45 heavy (non-hydrogen) atoms. The maximum atomic E-state index is 5.75. The van der Waals surface area contributed by atoms with Crippen molar-refractivity contribution in [2.24, 2.45) is 0 Å². The van der Waals surface area contributed by atoms with Gasteiger partial charge in [-0.2, -0.15) is 0 Å². The van der Waals surface area contributed by atoms with E-state index in [0.717, 1.165) is 45.4 Å². The second-order valence-electron chi connectivity index (χ2n) is 12.4. The third-order valence-corrected chi connectivity index (χ3v) is 13.3. The number of rotatable bonds is 10. The molecule has 0 radical (unpaired) electrons. The van der Waals surface area contributed by atoms with Gasteiger partial charge in [-0.1, -0.05) is 88.9 Å². The van der Waals surface area contributed by atoms with E-state index in [1.807, 2.05) is 12.1 Å². The predicted octanol–water partition coefficient (Wildman–Crippen LogP) is 10.5. The first kappa shape index (κ1) is 31.5. The van der Waals surface area contributed by atoms with Crippen LogP contribution >= 0.6 is 7.92 Å². The van der Waals surface area contributed by atoms with Crippen molar-refractivity contribution in [3.8, 4) is 56.4 Å². The molecular formula is C40H47O4P. The van der Waals surface area contributed by atoms with Gasteiger partial charge in [0, 0.05) is 12.1 Å². The fourth-order valence-electron chi connectivity index (χ4n) is 7.57. The van der Waals surface area contributed by atoms with Crippen molar-refractivity contribution >= 4 is 13.2 Å². The highest BCUT2D eigenvalue weighted by Gasteiger charge is 2.34. The number of ether oxygens (including phenoxy) is 4. The van der Waals surface area contributed by atoms with Crippen molar-refractivity contribution in [2.75, 3.05) is 28.4 Å². The summed E-state index contributed by atoms with van der Waals surface area (Å²) in [5, 5.41) is 1.57. The van der Waals surface area contributed by atoms with E-state index in [-0.39, 0.29) is 7.92 Å². The predicted molar refractivity (Wildman–Crippen MR) is 189 cm³/mol. The molecule has 2 aliphatic carbocycles. The second kappa shape index (κ2) is 14.7. The summed E-state index contributed by atoms with van der Waals surface area (Å²) >= 11 is 0. The lowest BCUT2D eigenvalue weighted by atomic mass is 9.87. The molecular weight excluding hydrogens is 575 g/mol. The lowest BCUT2D eigenvalue weighted by molar-refractivity contribution is 0.394. The van der Waals surface area contributed by atoms with Crippen molar-refractivity contribution in [2.45, 2.75) is 75.5 Å². The summed E-state index contributed by atoms with van der Waals surface area (Å²) in [5.74, 6) is 3.12. The molecule has 0 heterocycles. The van der Waals surface area contributed by atoms with Gasteiger partial charge in [-0.05, 0) is 100.0 Å². The van der Waals surface area contributed by atoms with E-state index >= 15 is 0 Å². The zero-order chi connectivity index (χ0) is 31.2. The molecule has 0 amide bonds. The topological polar surface area (TPSA) is 36.9 Å². The van der Waals surface area contributed by atoms with Gasteiger partial charge < -0.3 is 18.9 Å². The van der Waals surface area contributed by atoms with Crippen LogP contribution in [0.3, 0.4) is 0 Å². The third-order valence-electron chi connectivity index (χ3n) is 9.78. The lowest BCUT2D eigenvalue weighted by Gasteiger charge is -2.40. The SMILES string of the molecule is COc1cc(OC)cc(-c2cccc(-c3cc(OC)cc(OC)c3)c2-c2ccccc2P(C2CCCCC2)C2CCCCC2)c1. The van der Waals surface area contributed by atoms with Crippen LogP contribution in [0.4, 0.5) is 0 Å². The molecule has 0 N–H and O–H groups in total. The van der Waals surface area contributed by atoms with E-state index in [4.69, 9.17) is 18.9 Å². The van der Waals surface area contributed by atoms with Gasteiger partial charge in [-0.25, -0.2) is 0 Å². The first-order valence-electron chi connectivity index (χ1n) is 16.6. The monoisotopic (exact) mass is 622 g/mol. The summed E-state index contributed by atoms with van der Waals surface area (Å²) < 4.78 is 23.0. The Kier molecular flexibility index (Phi) is 10.3. The molecule has 4 aromatic rings. The van der Waals surface area contributed by atoms with Crippen LogP contribution in [0.2, 0.25) is 0 Å². The number of hydrogen-bond acceptors (Lipinski definition) is 4. The summed E-state index contributed by atoms with van der Waals surface area (Å²) in [7, 11) is 6.54. The molecule has 2 saturated carbocycles. The smallest absolute Gasteiger partial charge is 0.123 e. The van der Waals surface area contributed by atoms with Crippen LogP contribution in [-0.2, 0) is 0 Å². The summed E-state index contributed by atoms with van der Waals surface area (Å²) in [4.78, 5) is 0. The van der Waals surface area contributed by atoms with Gasteiger partial charge in [0.1, 0.15) is 23.0 Å². The largest absolute Gasteiger partial charge is 0.497 e. The van der Waals surface area contributed by atoms with E-state index in [2.05, 4.69) is 66.7 Å². The van der Waals surface area contributed by atoms with Crippen molar-refractivity contribution < 1.29 is 18.9 Å². The van der Waals surface area contributed by atoms with Crippen LogP contribution in [0.15, 0.2) is 78.9 Å². The molecule has 0 unspecified atom stereocenters. The molecule has 0 bridgehead atoms. The van der Waals surface area contributed by atoms with Crippen molar-refractivity contribution in [3.63, 3.8) is 0 Å². The minimum atomic E-state index is -0.335. The van der Waals surface area contributed by atoms with E-state index < -0.39 is 0 Å². The molecule has 0 aliphatic heterocycles. The Balaban J connectivity index is 1.63. The summed E-state index contributed by atoms with van der Waals surface area (Å²) in [6, 6.07) is 28.5. The summed E-state index contributed by atoms with van der Waals surface area (Å²) in [6.07, 6.45) is 13.7. The van der Waals surface area contributed by atoms with Crippen molar-refractivity contribution in [1.82, 2.24) is 0 Å². The fourth-order valence-corrected chi connectivity index (χ4v) is 11.5. The van der Waals surface area contributed by atoms with Crippen LogP contribution in [0.25, 0.3) is 33.4 Å². The van der Waals surface area contributed by atoms with Crippen molar-refractivity contribution in [3.05, 3.63) is 78.9 Å². The molecule has 5 heteroatoms. The van der Waals surface area contributed by atoms with Gasteiger partial charge in [0.05, 0.1) is 28.4 Å². The average Bonchev–Trinajstić information content (AvgIpc) is 3.12. The van der Waals surface area contributed by atoms with E-state index in [1.54, 1.807) is 33.7 Å². The Hall–Kier alpha value is -3.49. The van der Waals surface area contributed by atoms with Gasteiger partial charge in [0.15, 0.2) is 0 Å². The Morgan fingerprint density at radius 1 is 0.467 bits per heavy atom. The number of benzene rings is 4. The van der Waals surface area contributed by atoms with Gasteiger partial charge in [0.2, 0.25) is 0 Å². The van der Waals surface area contributed by atoms with Gasteiger partial charge in [-0.15, -0.1) is 0 Å². The van der Waals surface area contributed by atoms with E-state index in [9.17, 15) is 0 Å². The van der Waals surface area contributed by atoms with Crippen molar-refractivity contribution in [1.29, 1.82) is 0 Å². The zero-order valence-corrected chi connectivity index (χ0v) is 28.2. The molecule has 4 aromatic carbocycles. The first-order chi connectivity index (χ1) is 22.1. The van der Waals surface area contributed by atoms with Crippen LogP contribution in [0.1, 0.15) is 64.2 Å². The van der Waals surface area contributed by atoms with E-state index in [1.165, 1.54) is 86.5 Å². The molecule has 236 valence electrons. The normalized spacial score (nSPS) is 16.0. The minimum absolute atomic E-state index is 0.335. The zero-order valence-electron chi connectivity index (χ0n) is 27.3. The first-order valence-corrected chi connectivity index (χ1v) is 18.1. The highest BCUT2D eigenvalue weighted by molar-refractivity contribution is 7.67.